The number of aryl methyl sites for hydroxylation is 1. The first-order chi connectivity index (χ1) is 11.2. The van der Waals surface area contributed by atoms with Crippen molar-refractivity contribution in [3.05, 3.63) is 59.8 Å². The Morgan fingerprint density at radius 2 is 1.96 bits per heavy atom. The van der Waals surface area contributed by atoms with Crippen LogP contribution in [0, 0.1) is 6.92 Å². The number of piperazine rings is 1. The maximum atomic E-state index is 12.3. The van der Waals surface area contributed by atoms with Crippen molar-refractivity contribution < 1.29 is 9.21 Å². The Labute approximate surface area is 136 Å². The molecule has 0 radical (unpaired) electrons. The first kappa shape index (κ1) is 15.5. The van der Waals surface area contributed by atoms with Crippen LogP contribution < -0.4 is 0 Å². The zero-order valence-electron chi connectivity index (χ0n) is 13.3. The molecule has 0 atom stereocenters. The monoisotopic (exact) mass is 311 g/mol. The number of hydrogen-bond acceptors (Lipinski definition) is 4. The van der Waals surface area contributed by atoms with Gasteiger partial charge in [0.15, 0.2) is 11.6 Å². The van der Waals surface area contributed by atoms with Crippen molar-refractivity contribution in [1.82, 2.24) is 14.8 Å². The van der Waals surface area contributed by atoms with Gasteiger partial charge in [0.05, 0.1) is 0 Å². The van der Waals surface area contributed by atoms with Gasteiger partial charge >= 0.3 is 0 Å². The number of hydrogen-bond donors (Lipinski definition) is 0. The fraction of sp³-hybridized carbons (Fsp3) is 0.333. The molecular weight excluding hydrogens is 290 g/mol. The Morgan fingerprint density at radius 1 is 1.22 bits per heavy atom. The summed E-state index contributed by atoms with van der Waals surface area (Å²) in [4.78, 5) is 20.6. The van der Waals surface area contributed by atoms with Crippen molar-refractivity contribution >= 4 is 12.0 Å². The molecule has 1 aliphatic rings. The van der Waals surface area contributed by atoms with E-state index in [1.807, 2.05) is 23.1 Å². The zero-order chi connectivity index (χ0) is 16.1. The number of amides is 1. The molecule has 0 N–H and O–H groups in total. The van der Waals surface area contributed by atoms with Crippen LogP contribution in [0.15, 0.2) is 47.1 Å². The van der Waals surface area contributed by atoms with Crippen LogP contribution in [-0.2, 0) is 0 Å². The molecule has 3 rings (SSSR count). The van der Waals surface area contributed by atoms with Gasteiger partial charge in [-0.05, 0) is 5.56 Å². The molecule has 1 aliphatic heterocycles. The number of nitrogens with zero attached hydrogens (tertiary/aromatic N) is 3. The third-order valence-electron chi connectivity index (χ3n) is 3.97. The van der Waals surface area contributed by atoms with Crippen LogP contribution in [0.2, 0.25) is 0 Å². The number of carbonyl (C=O) groups excluding carboxylic acids is 1. The summed E-state index contributed by atoms with van der Waals surface area (Å²) >= 11 is 0. The quantitative estimate of drug-likeness (QED) is 0.870. The summed E-state index contributed by atoms with van der Waals surface area (Å²) in [5, 5.41) is 0. The molecule has 0 spiro atoms. The third-order valence-corrected chi connectivity index (χ3v) is 3.97. The van der Waals surface area contributed by atoms with E-state index in [1.54, 1.807) is 6.92 Å². The summed E-state index contributed by atoms with van der Waals surface area (Å²) in [6, 6.07) is 10.3. The lowest BCUT2D eigenvalue weighted by Crippen LogP contribution is -2.48. The summed E-state index contributed by atoms with van der Waals surface area (Å²) in [5.74, 6) is 0.486. The predicted molar refractivity (Wildman–Crippen MR) is 89.1 cm³/mol. The SMILES string of the molecule is Cc1nc(C(=O)N2CCN(CC=Cc3ccccc3)CC2)co1. The molecule has 0 unspecified atom stereocenters. The Balaban J connectivity index is 1.47. The highest BCUT2D eigenvalue weighted by Gasteiger charge is 2.23. The molecule has 2 aromatic rings. The Kier molecular flexibility index (Phi) is 4.88. The van der Waals surface area contributed by atoms with Crippen molar-refractivity contribution in [2.75, 3.05) is 32.7 Å². The number of aromatic nitrogens is 1. The van der Waals surface area contributed by atoms with E-state index in [1.165, 1.54) is 11.8 Å². The summed E-state index contributed by atoms with van der Waals surface area (Å²) < 4.78 is 5.11. The fourth-order valence-corrected chi connectivity index (χ4v) is 2.66. The van der Waals surface area contributed by atoms with Crippen molar-refractivity contribution in [2.24, 2.45) is 0 Å². The summed E-state index contributed by atoms with van der Waals surface area (Å²) in [6.45, 7) is 5.85. The van der Waals surface area contributed by atoms with Gasteiger partial charge in [0, 0.05) is 39.6 Å². The van der Waals surface area contributed by atoms with Crippen LogP contribution in [-0.4, -0.2) is 53.4 Å². The number of carbonyl (C=O) groups is 1. The molecule has 2 heterocycles. The molecule has 0 bridgehead atoms. The maximum absolute atomic E-state index is 12.3. The van der Waals surface area contributed by atoms with E-state index in [0.717, 1.165) is 32.7 Å². The van der Waals surface area contributed by atoms with E-state index in [-0.39, 0.29) is 5.91 Å². The molecule has 1 fully saturated rings. The average Bonchev–Trinajstić information content (AvgIpc) is 3.02. The minimum Gasteiger partial charge on any atom is -0.448 e. The van der Waals surface area contributed by atoms with E-state index in [4.69, 9.17) is 4.42 Å². The number of oxazole rings is 1. The first-order valence-electron chi connectivity index (χ1n) is 7.88. The topological polar surface area (TPSA) is 49.6 Å². The highest BCUT2D eigenvalue weighted by molar-refractivity contribution is 5.92. The Hall–Kier alpha value is -2.40. The third kappa shape index (κ3) is 4.07. The van der Waals surface area contributed by atoms with Crippen molar-refractivity contribution in [2.45, 2.75) is 6.92 Å². The van der Waals surface area contributed by atoms with E-state index >= 15 is 0 Å². The molecule has 23 heavy (non-hydrogen) atoms. The first-order valence-corrected chi connectivity index (χ1v) is 7.88. The summed E-state index contributed by atoms with van der Waals surface area (Å²) in [7, 11) is 0. The van der Waals surface area contributed by atoms with E-state index in [0.29, 0.717) is 11.6 Å². The van der Waals surface area contributed by atoms with Crippen LogP contribution in [0.5, 0.6) is 0 Å². The highest BCUT2D eigenvalue weighted by atomic mass is 16.3. The van der Waals surface area contributed by atoms with Crippen LogP contribution in [0.25, 0.3) is 6.08 Å². The predicted octanol–water partition coefficient (Wildman–Crippen LogP) is 2.45. The van der Waals surface area contributed by atoms with Gasteiger partial charge in [-0.2, -0.15) is 0 Å². The molecule has 120 valence electrons. The van der Waals surface area contributed by atoms with Crippen LogP contribution in [0.4, 0.5) is 0 Å². The van der Waals surface area contributed by atoms with Crippen LogP contribution in [0.1, 0.15) is 21.9 Å². The molecule has 0 saturated carbocycles. The largest absolute Gasteiger partial charge is 0.448 e. The van der Waals surface area contributed by atoms with Gasteiger partial charge in [-0.25, -0.2) is 4.98 Å². The smallest absolute Gasteiger partial charge is 0.275 e. The highest BCUT2D eigenvalue weighted by Crippen LogP contribution is 2.09. The number of rotatable bonds is 4. The van der Waals surface area contributed by atoms with Gasteiger partial charge in [-0.3, -0.25) is 9.69 Å². The average molecular weight is 311 g/mol. The minimum absolute atomic E-state index is 0.0404. The molecule has 1 saturated heterocycles. The van der Waals surface area contributed by atoms with Gasteiger partial charge in [0.25, 0.3) is 5.91 Å². The molecule has 1 aromatic heterocycles. The van der Waals surface area contributed by atoms with E-state index in [9.17, 15) is 4.79 Å². The second-order valence-electron chi connectivity index (χ2n) is 5.66. The fourth-order valence-electron chi connectivity index (χ4n) is 2.66. The Morgan fingerprint density at radius 3 is 2.61 bits per heavy atom. The van der Waals surface area contributed by atoms with Crippen molar-refractivity contribution in [1.29, 1.82) is 0 Å². The Bertz CT molecular complexity index is 671. The number of benzene rings is 1. The molecule has 0 aliphatic carbocycles. The van der Waals surface area contributed by atoms with Gasteiger partial charge < -0.3 is 9.32 Å². The van der Waals surface area contributed by atoms with Crippen molar-refractivity contribution in [3.63, 3.8) is 0 Å². The van der Waals surface area contributed by atoms with E-state index in [2.05, 4.69) is 34.2 Å². The zero-order valence-corrected chi connectivity index (χ0v) is 13.3. The lowest BCUT2D eigenvalue weighted by molar-refractivity contribution is 0.0644. The lowest BCUT2D eigenvalue weighted by Gasteiger charge is -2.33. The summed E-state index contributed by atoms with van der Waals surface area (Å²) in [6.07, 6.45) is 5.75. The second-order valence-corrected chi connectivity index (χ2v) is 5.66. The standard InChI is InChI=1S/C18H21N3O2/c1-15-19-17(14-23-15)18(22)21-12-10-20(11-13-21)9-5-8-16-6-3-2-4-7-16/h2-8,14H,9-13H2,1H3. The lowest BCUT2D eigenvalue weighted by atomic mass is 10.2. The molecule has 5 nitrogen and oxygen atoms in total. The molecule has 1 aromatic carbocycles. The van der Waals surface area contributed by atoms with Gasteiger partial charge in [-0.15, -0.1) is 0 Å². The van der Waals surface area contributed by atoms with Gasteiger partial charge in [0.2, 0.25) is 0 Å². The second kappa shape index (κ2) is 7.24. The summed E-state index contributed by atoms with van der Waals surface area (Å²) in [5.41, 5.74) is 1.61. The normalized spacial score (nSPS) is 16.1. The van der Waals surface area contributed by atoms with E-state index < -0.39 is 0 Å². The molecular formula is C18H21N3O2. The van der Waals surface area contributed by atoms with Gasteiger partial charge in [0.1, 0.15) is 6.26 Å². The van der Waals surface area contributed by atoms with Gasteiger partial charge in [-0.1, -0.05) is 42.5 Å². The van der Waals surface area contributed by atoms with Crippen LogP contribution >= 0.6 is 0 Å². The van der Waals surface area contributed by atoms with Crippen LogP contribution in [0.3, 0.4) is 0 Å². The minimum atomic E-state index is -0.0404. The molecule has 5 heteroatoms. The molecule has 1 amide bonds. The maximum Gasteiger partial charge on any atom is 0.275 e. The van der Waals surface area contributed by atoms with Crippen molar-refractivity contribution in [3.8, 4) is 0 Å².